The zero-order chi connectivity index (χ0) is 18.8. The first-order valence-corrected chi connectivity index (χ1v) is 10.3. The number of thiazole rings is 1. The van der Waals surface area contributed by atoms with Crippen molar-refractivity contribution < 1.29 is 9.59 Å². The van der Waals surface area contributed by atoms with Crippen LogP contribution in [0.25, 0.3) is 0 Å². The van der Waals surface area contributed by atoms with Crippen LogP contribution >= 0.6 is 11.3 Å². The summed E-state index contributed by atoms with van der Waals surface area (Å²) in [6.07, 6.45) is 2.46. The van der Waals surface area contributed by atoms with Gasteiger partial charge in [-0.3, -0.25) is 9.59 Å². The third-order valence-corrected chi connectivity index (χ3v) is 6.52. The van der Waals surface area contributed by atoms with E-state index in [9.17, 15) is 9.59 Å². The Labute approximate surface area is 163 Å². The molecule has 7 heteroatoms. The number of nitrogens with one attached hydrogen (secondary N) is 1. The lowest BCUT2D eigenvalue weighted by atomic mass is 9.90. The molecule has 1 aromatic carbocycles. The third-order valence-electron chi connectivity index (χ3n) is 5.34. The highest BCUT2D eigenvalue weighted by Gasteiger charge is 2.29. The van der Waals surface area contributed by atoms with Gasteiger partial charge in [0.1, 0.15) is 0 Å². The first-order valence-electron chi connectivity index (χ1n) is 9.45. The Kier molecular flexibility index (Phi) is 5.11. The van der Waals surface area contributed by atoms with Gasteiger partial charge in [-0.05, 0) is 31.4 Å². The predicted molar refractivity (Wildman–Crippen MR) is 107 cm³/mol. The maximum Gasteiger partial charge on any atom is 0.227 e. The minimum Gasteiger partial charge on any atom is -0.345 e. The van der Waals surface area contributed by atoms with E-state index in [1.165, 1.54) is 4.88 Å². The average molecular weight is 385 g/mol. The van der Waals surface area contributed by atoms with E-state index in [0.717, 1.165) is 62.0 Å². The SMILES string of the molecule is CC(=O)N1CCN(c2nc3c(s2)C[C@@H](C(=O)Nc2ccccc2)CC3)CC1. The second kappa shape index (κ2) is 7.68. The monoisotopic (exact) mass is 384 g/mol. The minimum atomic E-state index is 0.000524. The highest BCUT2D eigenvalue weighted by molar-refractivity contribution is 7.15. The Morgan fingerprint density at radius 3 is 2.59 bits per heavy atom. The van der Waals surface area contributed by atoms with Crippen LogP contribution in [0.15, 0.2) is 30.3 Å². The van der Waals surface area contributed by atoms with Crippen LogP contribution in [0.1, 0.15) is 23.9 Å². The highest BCUT2D eigenvalue weighted by Crippen LogP contribution is 2.34. The van der Waals surface area contributed by atoms with Gasteiger partial charge < -0.3 is 15.1 Å². The van der Waals surface area contributed by atoms with Crippen LogP contribution in [-0.2, 0) is 22.4 Å². The Morgan fingerprint density at radius 2 is 1.89 bits per heavy atom. The number of aromatic nitrogens is 1. The molecule has 1 aromatic heterocycles. The molecule has 2 aromatic rings. The second-order valence-electron chi connectivity index (χ2n) is 7.15. The lowest BCUT2D eigenvalue weighted by Gasteiger charge is -2.33. The number of carbonyl (C=O) groups excluding carboxylic acids is 2. The van der Waals surface area contributed by atoms with E-state index < -0.39 is 0 Å². The van der Waals surface area contributed by atoms with Gasteiger partial charge >= 0.3 is 0 Å². The van der Waals surface area contributed by atoms with Gasteiger partial charge in [0.2, 0.25) is 11.8 Å². The predicted octanol–water partition coefficient (Wildman–Crippen LogP) is 2.56. The molecular formula is C20H24N4O2S. The summed E-state index contributed by atoms with van der Waals surface area (Å²) in [7, 11) is 0. The summed E-state index contributed by atoms with van der Waals surface area (Å²) in [5, 5.41) is 4.06. The van der Waals surface area contributed by atoms with Crippen LogP contribution < -0.4 is 10.2 Å². The van der Waals surface area contributed by atoms with E-state index >= 15 is 0 Å². The molecule has 1 atom stereocenters. The van der Waals surface area contributed by atoms with Gasteiger partial charge in [0, 0.05) is 49.6 Å². The van der Waals surface area contributed by atoms with Crippen molar-refractivity contribution in [2.45, 2.75) is 26.2 Å². The van der Waals surface area contributed by atoms with Crippen molar-refractivity contribution >= 4 is 34.0 Å². The summed E-state index contributed by atoms with van der Waals surface area (Å²) in [6.45, 7) is 4.77. The molecule has 6 nitrogen and oxygen atoms in total. The van der Waals surface area contributed by atoms with Crippen molar-refractivity contribution in [3.63, 3.8) is 0 Å². The number of aryl methyl sites for hydroxylation is 1. The van der Waals surface area contributed by atoms with Crippen molar-refractivity contribution in [2.24, 2.45) is 5.92 Å². The molecule has 0 radical (unpaired) electrons. The van der Waals surface area contributed by atoms with Crippen LogP contribution in [0.4, 0.5) is 10.8 Å². The number of hydrogen-bond acceptors (Lipinski definition) is 5. The van der Waals surface area contributed by atoms with Crippen LogP contribution in [0.5, 0.6) is 0 Å². The number of amides is 2. The number of piperazine rings is 1. The highest BCUT2D eigenvalue weighted by atomic mass is 32.1. The summed E-state index contributed by atoms with van der Waals surface area (Å²) >= 11 is 1.71. The van der Waals surface area contributed by atoms with Crippen LogP contribution in [0.3, 0.4) is 0 Å². The normalized spacial score (nSPS) is 19.5. The molecule has 1 aliphatic carbocycles. The third kappa shape index (κ3) is 3.98. The van der Waals surface area contributed by atoms with Crippen molar-refractivity contribution in [3.05, 3.63) is 40.9 Å². The number of hydrogen-bond donors (Lipinski definition) is 1. The zero-order valence-corrected chi connectivity index (χ0v) is 16.3. The summed E-state index contributed by atoms with van der Waals surface area (Å²) in [4.78, 5) is 34.3. The molecule has 0 bridgehead atoms. The fourth-order valence-electron chi connectivity index (χ4n) is 3.70. The standard InChI is InChI=1S/C20H24N4O2S/c1-14(25)23-9-11-24(12-10-23)20-22-17-8-7-15(13-18(17)27-20)19(26)21-16-5-3-2-4-6-16/h2-6,15H,7-13H2,1H3,(H,21,26)/t15-/m0/s1. The van der Waals surface area contributed by atoms with Gasteiger partial charge in [-0.1, -0.05) is 18.2 Å². The number of anilines is 2. The number of nitrogens with zero attached hydrogens (tertiary/aromatic N) is 3. The zero-order valence-electron chi connectivity index (χ0n) is 15.5. The molecule has 0 unspecified atom stereocenters. The first-order chi connectivity index (χ1) is 13.1. The molecule has 1 N–H and O–H groups in total. The second-order valence-corrected chi connectivity index (χ2v) is 8.22. The summed E-state index contributed by atoms with van der Waals surface area (Å²) in [5.41, 5.74) is 1.99. The van der Waals surface area contributed by atoms with Crippen LogP contribution in [-0.4, -0.2) is 47.9 Å². The molecule has 2 amide bonds. The maximum atomic E-state index is 12.6. The number of benzene rings is 1. The molecular weight excluding hydrogens is 360 g/mol. The van der Waals surface area contributed by atoms with Crippen molar-refractivity contribution in [3.8, 4) is 0 Å². The average Bonchev–Trinajstić information content (AvgIpc) is 3.12. The summed E-state index contributed by atoms with van der Waals surface area (Å²) < 4.78 is 0. The largest absolute Gasteiger partial charge is 0.345 e. The molecule has 0 saturated carbocycles. The summed E-state index contributed by atoms with van der Waals surface area (Å²) in [6, 6.07) is 9.62. The Morgan fingerprint density at radius 1 is 1.15 bits per heavy atom. The Balaban J connectivity index is 1.39. The molecule has 1 fully saturated rings. The van der Waals surface area contributed by atoms with Gasteiger partial charge in [0.15, 0.2) is 5.13 Å². The molecule has 0 spiro atoms. The fourth-order valence-corrected chi connectivity index (χ4v) is 4.94. The maximum absolute atomic E-state index is 12.6. The minimum absolute atomic E-state index is 0.000524. The van der Waals surface area contributed by atoms with E-state index in [2.05, 4.69) is 10.2 Å². The van der Waals surface area contributed by atoms with E-state index in [0.29, 0.717) is 0 Å². The van der Waals surface area contributed by atoms with Gasteiger partial charge in [-0.2, -0.15) is 0 Å². The lowest BCUT2D eigenvalue weighted by molar-refractivity contribution is -0.129. The molecule has 142 valence electrons. The van der Waals surface area contributed by atoms with Gasteiger partial charge in [-0.25, -0.2) is 4.98 Å². The van der Waals surface area contributed by atoms with Crippen LogP contribution in [0, 0.1) is 5.92 Å². The van der Waals surface area contributed by atoms with E-state index in [4.69, 9.17) is 4.98 Å². The van der Waals surface area contributed by atoms with Gasteiger partial charge in [0.05, 0.1) is 5.69 Å². The molecule has 1 saturated heterocycles. The van der Waals surface area contributed by atoms with E-state index in [1.54, 1.807) is 18.3 Å². The fraction of sp³-hybridized carbons (Fsp3) is 0.450. The molecule has 4 rings (SSSR count). The van der Waals surface area contributed by atoms with Crippen molar-refractivity contribution in [1.29, 1.82) is 0 Å². The topological polar surface area (TPSA) is 65.5 Å². The number of carbonyl (C=O) groups is 2. The first kappa shape index (κ1) is 18.0. The molecule has 2 aliphatic rings. The van der Waals surface area contributed by atoms with Crippen molar-refractivity contribution in [1.82, 2.24) is 9.88 Å². The molecule has 27 heavy (non-hydrogen) atoms. The van der Waals surface area contributed by atoms with Crippen molar-refractivity contribution in [2.75, 3.05) is 36.4 Å². The Bertz CT molecular complexity index is 828. The Hall–Kier alpha value is -2.41. The van der Waals surface area contributed by atoms with Gasteiger partial charge in [-0.15, -0.1) is 11.3 Å². The van der Waals surface area contributed by atoms with E-state index in [-0.39, 0.29) is 17.7 Å². The number of para-hydroxylation sites is 1. The van der Waals surface area contributed by atoms with Crippen LogP contribution in [0.2, 0.25) is 0 Å². The van der Waals surface area contributed by atoms with E-state index in [1.807, 2.05) is 35.2 Å². The molecule has 1 aliphatic heterocycles. The summed E-state index contributed by atoms with van der Waals surface area (Å²) in [5.74, 6) is 0.234. The quantitative estimate of drug-likeness (QED) is 0.883. The smallest absolute Gasteiger partial charge is 0.227 e. The van der Waals surface area contributed by atoms with Gasteiger partial charge in [0.25, 0.3) is 0 Å². The number of fused-ring (bicyclic) bond motifs is 1. The molecule has 2 heterocycles. The number of rotatable bonds is 3. The lowest BCUT2D eigenvalue weighted by Crippen LogP contribution is -2.48.